The number of nitrogens with one attached hydrogen (secondary N) is 1. The molecule has 0 saturated heterocycles. The van der Waals surface area contributed by atoms with Gasteiger partial charge in [-0.1, -0.05) is 56.1 Å². The Kier molecular flexibility index (Phi) is 11.7. The molecule has 2 aromatic carbocycles. The molecule has 9 heteroatoms. The molecular weight excluding hydrogens is 498 g/mol. The first-order valence-corrected chi connectivity index (χ1v) is 14.7. The van der Waals surface area contributed by atoms with Gasteiger partial charge in [0.15, 0.2) is 0 Å². The van der Waals surface area contributed by atoms with Gasteiger partial charge in [0, 0.05) is 31.1 Å². The zero-order chi connectivity index (χ0) is 26.7. The summed E-state index contributed by atoms with van der Waals surface area (Å²) >= 11 is 6.00. The molecule has 1 N–H and O–H groups in total. The SMILES string of the molecule is CCCCNC(=O)[C@@H](C)N(Cc1ccc(Cl)cc1)C(=O)CCCN(c1ccc(CC)cc1)S(C)(=O)=O. The number of hydrogen-bond donors (Lipinski definition) is 1. The third kappa shape index (κ3) is 9.13. The van der Waals surface area contributed by atoms with Crippen LogP contribution in [0.15, 0.2) is 48.5 Å². The highest BCUT2D eigenvalue weighted by atomic mass is 35.5. The fourth-order valence-corrected chi connectivity index (χ4v) is 4.90. The number of carbonyl (C=O) groups is 2. The van der Waals surface area contributed by atoms with Crippen molar-refractivity contribution < 1.29 is 18.0 Å². The lowest BCUT2D eigenvalue weighted by Crippen LogP contribution is -2.47. The van der Waals surface area contributed by atoms with Crippen LogP contribution >= 0.6 is 11.6 Å². The van der Waals surface area contributed by atoms with Crippen molar-refractivity contribution in [2.75, 3.05) is 23.7 Å². The van der Waals surface area contributed by atoms with Crippen LogP contribution in [0.5, 0.6) is 0 Å². The first kappa shape index (κ1) is 29.6. The number of nitrogens with zero attached hydrogens (tertiary/aromatic N) is 2. The molecular formula is C27H38ClN3O4S. The molecule has 0 radical (unpaired) electrons. The molecule has 0 aliphatic rings. The summed E-state index contributed by atoms with van der Waals surface area (Å²) in [4.78, 5) is 27.6. The van der Waals surface area contributed by atoms with Crippen molar-refractivity contribution in [3.05, 3.63) is 64.7 Å². The van der Waals surface area contributed by atoms with Crippen LogP contribution in [0.1, 0.15) is 57.6 Å². The average Bonchev–Trinajstić information content (AvgIpc) is 2.85. The topological polar surface area (TPSA) is 86.8 Å². The van der Waals surface area contributed by atoms with Gasteiger partial charge in [0.05, 0.1) is 11.9 Å². The maximum Gasteiger partial charge on any atom is 0.242 e. The maximum atomic E-state index is 13.3. The quantitative estimate of drug-likeness (QED) is 0.353. The largest absolute Gasteiger partial charge is 0.354 e. The van der Waals surface area contributed by atoms with E-state index in [9.17, 15) is 18.0 Å². The number of carbonyl (C=O) groups excluding carboxylic acids is 2. The van der Waals surface area contributed by atoms with Crippen LogP contribution in [0.25, 0.3) is 0 Å². The summed E-state index contributed by atoms with van der Waals surface area (Å²) in [6.07, 6.45) is 4.28. The van der Waals surface area contributed by atoms with Gasteiger partial charge in [0.2, 0.25) is 21.8 Å². The van der Waals surface area contributed by atoms with E-state index in [2.05, 4.69) is 5.32 Å². The zero-order valence-corrected chi connectivity index (χ0v) is 23.2. The second-order valence-electron chi connectivity index (χ2n) is 8.93. The van der Waals surface area contributed by atoms with Crippen molar-refractivity contribution in [2.24, 2.45) is 0 Å². The van der Waals surface area contributed by atoms with E-state index in [1.807, 2.05) is 38.1 Å². The Morgan fingerprint density at radius 1 is 0.972 bits per heavy atom. The molecule has 36 heavy (non-hydrogen) atoms. The van der Waals surface area contributed by atoms with Crippen LogP contribution in [0.4, 0.5) is 5.69 Å². The van der Waals surface area contributed by atoms with Gasteiger partial charge in [-0.25, -0.2) is 8.42 Å². The minimum Gasteiger partial charge on any atom is -0.354 e. The first-order valence-electron chi connectivity index (χ1n) is 12.4. The lowest BCUT2D eigenvalue weighted by Gasteiger charge is -2.29. The normalized spacial score (nSPS) is 12.1. The van der Waals surface area contributed by atoms with Gasteiger partial charge in [0.25, 0.3) is 0 Å². The summed E-state index contributed by atoms with van der Waals surface area (Å²) in [5.41, 5.74) is 2.55. The van der Waals surface area contributed by atoms with E-state index in [0.717, 1.165) is 36.6 Å². The van der Waals surface area contributed by atoms with Gasteiger partial charge in [-0.3, -0.25) is 13.9 Å². The van der Waals surface area contributed by atoms with Gasteiger partial charge in [-0.15, -0.1) is 0 Å². The van der Waals surface area contributed by atoms with E-state index in [1.165, 1.54) is 4.31 Å². The highest BCUT2D eigenvalue weighted by molar-refractivity contribution is 7.92. The van der Waals surface area contributed by atoms with E-state index < -0.39 is 16.1 Å². The molecule has 0 saturated carbocycles. The van der Waals surface area contributed by atoms with Crippen molar-refractivity contribution in [1.29, 1.82) is 0 Å². The number of anilines is 1. The molecule has 0 fully saturated rings. The molecule has 0 heterocycles. The Morgan fingerprint density at radius 2 is 1.58 bits per heavy atom. The summed E-state index contributed by atoms with van der Waals surface area (Å²) in [5, 5.41) is 3.49. The number of amides is 2. The summed E-state index contributed by atoms with van der Waals surface area (Å²) < 4.78 is 26.2. The van der Waals surface area contributed by atoms with E-state index in [4.69, 9.17) is 11.6 Å². The maximum absolute atomic E-state index is 13.3. The smallest absolute Gasteiger partial charge is 0.242 e. The summed E-state index contributed by atoms with van der Waals surface area (Å²) in [6, 6.07) is 13.9. The molecule has 2 rings (SSSR count). The highest BCUT2D eigenvalue weighted by Gasteiger charge is 2.26. The second-order valence-corrected chi connectivity index (χ2v) is 11.3. The number of benzene rings is 2. The molecule has 198 valence electrons. The molecule has 0 spiro atoms. The van der Waals surface area contributed by atoms with Gasteiger partial charge >= 0.3 is 0 Å². The number of unbranched alkanes of at least 4 members (excludes halogenated alkanes) is 1. The Balaban J connectivity index is 2.13. The first-order chi connectivity index (χ1) is 17.1. The third-order valence-electron chi connectivity index (χ3n) is 6.05. The average molecular weight is 536 g/mol. The molecule has 2 aromatic rings. The molecule has 0 aromatic heterocycles. The number of halogens is 1. The van der Waals surface area contributed by atoms with Crippen LogP contribution in [0.2, 0.25) is 5.02 Å². The third-order valence-corrected chi connectivity index (χ3v) is 7.49. The fraction of sp³-hybridized carbons (Fsp3) is 0.481. The van der Waals surface area contributed by atoms with E-state index in [-0.39, 0.29) is 31.3 Å². The monoisotopic (exact) mass is 535 g/mol. The summed E-state index contributed by atoms with van der Waals surface area (Å²) in [6.45, 7) is 6.78. The Bertz CT molecular complexity index is 1090. The fourth-order valence-electron chi connectivity index (χ4n) is 3.81. The van der Waals surface area contributed by atoms with Crippen LogP contribution in [-0.4, -0.2) is 50.5 Å². The number of sulfonamides is 1. The van der Waals surface area contributed by atoms with Crippen LogP contribution < -0.4 is 9.62 Å². The second kappa shape index (κ2) is 14.2. The van der Waals surface area contributed by atoms with Crippen molar-refractivity contribution in [2.45, 2.75) is 65.5 Å². The molecule has 0 unspecified atom stereocenters. The zero-order valence-electron chi connectivity index (χ0n) is 21.7. The van der Waals surface area contributed by atoms with Gasteiger partial charge in [0.1, 0.15) is 6.04 Å². The molecule has 1 atom stereocenters. The minimum absolute atomic E-state index is 0.110. The molecule has 0 aliphatic heterocycles. The predicted molar refractivity (Wildman–Crippen MR) is 147 cm³/mol. The summed E-state index contributed by atoms with van der Waals surface area (Å²) in [5.74, 6) is -0.419. The standard InChI is InChI=1S/C27H38ClN3O4S/c1-5-7-18-29-27(33)21(3)30(20-23-10-14-24(28)15-11-23)26(32)9-8-19-31(36(4,34)35)25-16-12-22(6-2)13-17-25/h10-17,21H,5-9,18-20H2,1-4H3,(H,29,33)/t21-/m1/s1. The lowest BCUT2D eigenvalue weighted by molar-refractivity contribution is -0.140. The summed E-state index contributed by atoms with van der Waals surface area (Å²) in [7, 11) is -3.52. The Morgan fingerprint density at radius 3 is 2.14 bits per heavy atom. The van der Waals surface area contributed by atoms with E-state index in [1.54, 1.807) is 36.1 Å². The number of aryl methyl sites for hydroxylation is 1. The molecule has 7 nitrogen and oxygen atoms in total. The lowest BCUT2D eigenvalue weighted by atomic mass is 10.1. The van der Waals surface area contributed by atoms with Crippen molar-refractivity contribution in [1.82, 2.24) is 10.2 Å². The molecule has 0 aliphatic carbocycles. The van der Waals surface area contributed by atoms with E-state index in [0.29, 0.717) is 23.7 Å². The van der Waals surface area contributed by atoms with Crippen molar-refractivity contribution in [3.8, 4) is 0 Å². The highest BCUT2D eigenvalue weighted by Crippen LogP contribution is 2.20. The Labute approximate surface area is 220 Å². The van der Waals surface area contributed by atoms with Gasteiger partial charge < -0.3 is 10.2 Å². The van der Waals surface area contributed by atoms with E-state index >= 15 is 0 Å². The van der Waals surface area contributed by atoms with Crippen LogP contribution in [0, 0.1) is 0 Å². The van der Waals surface area contributed by atoms with Crippen LogP contribution in [0.3, 0.4) is 0 Å². The molecule has 0 bridgehead atoms. The van der Waals surface area contributed by atoms with Gasteiger partial charge in [-0.2, -0.15) is 0 Å². The number of hydrogen-bond acceptors (Lipinski definition) is 4. The van der Waals surface area contributed by atoms with Crippen molar-refractivity contribution in [3.63, 3.8) is 0 Å². The van der Waals surface area contributed by atoms with Gasteiger partial charge in [-0.05, 0) is 61.6 Å². The number of rotatable bonds is 14. The van der Waals surface area contributed by atoms with Crippen LogP contribution in [-0.2, 0) is 32.6 Å². The Hall–Kier alpha value is -2.58. The molecule has 2 amide bonds. The van der Waals surface area contributed by atoms with Crippen molar-refractivity contribution >= 4 is 39.1 Å². The minimum atomic E-state index is -3.52. The predicted octanol–water partition coefficient (Wildman–Crippen LogP) is 4.78.